The number of esters is 1. The van der Waals surface area contributed by atoms with Gasteiger partial charge in [0.2, 0.25) is 5.91 Å². The van der Waals surface area contributed by atoms with Crippen LogP contribution in [0.25, 0.3) is 0 Å². The van der Waals surface area contributed by atoms with Crippen molar-refractivity contribution in [2.75, 3.05) is 13.2 Å². The van der Waals surface area contributed by atoms with E-state index in [0.717, 1.165) is 0 Å². The van der Waals surface area contributed by atoms with Gasteiger partial charge in [0.05, 0.1) is 12.0 Å². The number of amides is 1. The predicted molar refractivity (Wildman–Crippen MR) is 51.5 cm³/mol. The third-order valence-corrected chi connectivity index (χ3v) is 2.86. The van der Waals surface area contributed by atoms with Crippen molar-refractivity contribution in [3.63, 3.8) is 0 Å². The molecule has 14 heavy (non-hydrogen) atoms. The number of hydrogen-bond acceptors (Lipinski definition) is 3. The van der Waals surface area contributed by atoms with Crippen molar-refractivity contribution >= 4 is 11.9 Å². The summed E-state index contributed by atoms with van der Waals surface area (Å²) in [6.07, 6.45) is 0.253. The Morgan fingerprint density at radius 2 is 2.29 bits per heavy atom. The van der Waals surface area contributed by atoms with Crippen LogP contribution in [0.3, 0.4) is 0 Å². The SMILES string of the molecule is CCOC(=O)[C@@]1(C(C)C)CNC(=O)C1. The van der Waals surface area contributed by atoms with Crippen molar-refractivity contribution in [3.8, 4) is 0 Å². The lowest BCUT2D eigenvalue weighted by molar-refractivity contribution is -0.157. The van der Waals surface area contributed by atoms with Crippen LogP contribution in [-0.4, -0.2) is 25.0 Å². The van der Waals surface area contributed by atoms with Crippen molar-refractivity contribution in [2.45, 2.75) is 27.2 Å². The van der Waals surface area contributed by atoms with E-state index in [1.807, 2.05) is 13.8 Å². The molecule has 0 radical (unpaired) electrons. The molecule has 1 saturated heterocycles. The maximum Gasteiger partial charge on any atom is 0.314 e. The fourth-order valence-electron chi connectivity index (χ4n) is 1.73. The highest BCUT2D eigenvalue weighted by Crippen LogP contribution is 2.35. The molecule has 1 aliphatic rings. The molecule has 80 valence electrons. The highest BCUT2D eigenvalue weighted by molar-refractivity contribution is 5.89. The monoisotopic (exact) mass is 199 g/mol. The van der Waals surface area contributed by atoms with Crippen LogP contribution in [0.5, 0.6) is 0 Å². The van der Waals surface area contributed by atoms with Crippen LogP contribution in [0.15, 0.2) is 0 Å². The molecule has 1 atom stereocenters. The van der Waals surface area contributed by atoms with E-state index < -0.39 is 5.41 Å². The summed E-state index contributed by atoms with van der Waals surface area (Å²) in [4.78, 5) is 22.9. The molecule has 0 aliphatic carbocycles. The molecule has 4 heteroatoms. The lowest BCUT2D eigenvalue weighted by atomic mass is 9.76. The Balaban J connectivity index is 2.83. The van der Waals surface area contributed by atoms with Crippen LogP contribution < -0.4 is 5.32 Å². The van der Waals surface area contributed by atoms with E-state index >= 15 is 0 Å². The number of nitrogens with one attached hydrogen (secondary N) is 1. The zero-order valence-electron chi connectivity index (χ0n) is 8.92. The largest absolute Gasteiger partial charge is 0.465 e. The quantitative estimate of drug-likeness (QED) is 0.681. The fourth-order valence-corrected chi connectivity index (χ4v) is 1.73. The van der Waals surface area contributed by atoms with Crippen molar-refractivity contribution < 1.29 is 14.3 Å². The summed E-state index contributed by atoms with van der Waals surface area (Å²) in [6.45, 7) is 6.42. The number of carbonyl (C=O) groups is 2. The summed E-state index contributed by atoms with van der Waals surface area (Å²) in [5.74, 6) is -0.208. The van der Waals surface area contributed by atoms with Gasteiger partial charge in [-0.1, -0.05) is 13.8 Å². The van der Waals surface area contributed by atoms with Gasteiger partial charge < -0.3 is 10.1 Å². The van der Waals surface area contributed by atoms with Crippen LogP contribution in [0.4, 0.5) is 0 Å². The molecule has 1 N–H and O–H groups in total. The first-order valence-electron chi connectivity index (χ1n) is 4.97. The highest BCUT2D eigenvalue weighted by Gasteiger charge is 2.48. The summed E-state index contributed by atoms with van der Waals surface area (Å²) < 4.78 is 5.01. The van der Waals surface area contributed by atoms with Crippen molar-refractivity contribution in [1.82, 2.24) is 5.32 Å². The summed E-state index contributed by atoms with van der Waals surface area (Å²) in [5, 5.41) is 2.69. The first kappa shape index (κ1) is 11.0. The molecule has 0 spiro atoms. The molecular weight excluding hydrogens is 182 g/mol. The lowest BCUT2D eigenvalue weighted by Crippen LogP contribution is -2.39. The van der Waals surface area contributed by atoms with Gasteiger partial charge in [-0.05, 0) is 12.8 Å². The molecule has 1 fully saturated rings. The van der Waals surface area contributed by atoms with Crippen molar-refractivity contribution in [3.05, 3.63) is 0 Å². The maximum atomic E-state index is 11.7. The van der Waals surface area contributed by atoms with Gasteiger partial charge in [-0.2, -0.15) is 0 Å². The minimum Gasteiger partial charge on any atom is -0.465 e. The maximum absolute atomic E-state index is 11.7. The van der Waals surface area contributed by atoms with Gasteiger partial charge in [-0.25, -0.2) is 0 Å². The number of carbonyl (C=O) groups excluding carboxylic acids is 2. The Kier molecular flexibility index (Phi) is 3.13. The zero-order chi connectivity index (χ0) is 10.8. The van der Waals surface area contributed by atoms with Gasteiger partial charge >= 0.3 is 5.97 Å². The molecule has 1 amide bonds. The van der Waals surface area contributed by atoms with Gasteiger partial charge in [0, 0.05) is 13.0 Å². The van der Waals surface area contributed by atoms with Gasteiger partial charge in [0.1, 0.15) is 0 Å². The lowest BCUT2D eigenvalue weighted by Gasteiger charge is -2.28. The smallest absolute Gasteiger partial charge is 0.314 e. The highest BCUT2D eigenvalue weighted by atomic mass is 16.5. The average Bonchev–Trinajstić information content (AvgIpc) is 2.49. The third kappa shape index (κ3) is 1.74. The van der Waals surface area contributed by atoms with Crippen LogP contribution in [0, 0.1) is 11.3 Å². The van der Waals surface area contributed by atoms with Gasteiger partial charge in [-0.15, -0.1) is 0 Å². The van der Waals surface area contributed by atoms with E-state index in [-0.39, 0.29) is 24.2 Å². The molecule has 1 aliphatic heterocycles. The van der Waals surface area contributed by atoms with E-state index in [2.05, 4.69) is 5.32 Å². The first-order chi connectivity index (χ1) is 6.53. The molecule has 0 bridgehead atoms. The van der Waals surface area contributed by atoms with E-state index in [4.69, 9.17) is 4.74 Å². The van der Waals surface area contributed by atoms with E-state index in [1.165, 1.54) is 0 Å². The standard InChI is InChI=1S/C10H17NO3/c1-4-14-9(13)10(7(2)3)5-8(12)11-6-10/h7H,4-6H2,1-3H3,(H,11,12)/t10-/m1/s1. The Morgan fingerprint density at radius 1 is 1.64 bits per heavy atom. The third-order valence-electron chi connectivity index (χ3n) is 2.86. The normalized spacial score (nSPS) is 26.4. The van der Waals surface area contributed by atoms with E-state index in [1.54, 1.807) is 6.92 Å². The Bertz CT molecular complexity index is 250. The topological polar surface area (TPSA) is 55.4 Å². The second-order valence-corrected chi connectivity index (χ2v) is 3.98. The van der Waals surface area contributed by atoms with Gasteiger partial charge in [0.15, 0.2) is 0 Å². The minimum absolute atomic E-state index is 0.0632. The summed E-state index contributed by atoms with van der Waals surface area (Å²) in [6, 6.07) is 0. The molecule has 1 heterocycles. The second kappa shape index (κ2) is 3.98. The van der Waals surface area contributed by atoms with Crippen molar-refractivity contribution in [1.29, 1.82) is 0 Å². The van der Waals surface area contributed by atoms with Gasteiger partial charge in [-0.3, -0.25) is 9.59 Å². The zero-order valence-corrected chi connectivity index (χ0v) is 8.92. The fraction of sp³-hybridized carbons (Fsp3) is 0.800. The minimum atomic E-state index is -0.646. The van der Waals surface area contributed by atoms with Crippen LogP contribution in [-0.2, 0) is 14.3 Å². The van der Waals surface area contributed by atoms with E-state index in [0.29, 0.717) is 13.2 Å². The molecule has 0 saturated carbocycles. The molecule has 0 aromatic heterocycles. The number of hydrogen-bond donors (Lipinski definition) is 1. The number of rotatable bonds is 3. The summed E-state index contributed by atoms with van der Waals surface area (Å²) in [7, 11) is 0. The van der Waals surface area contributed by atoms with Crippen LogP contribution >= 0.6 is 0 Å². The Labute approximate surface area is 84.0 Å². The summed E-state index contributed by atoms with van der Waals surface area (Å²) in [5.41, 5.74) is -0.646. The Morgan fingerprint density at radius 3 is 2.64 bits per heavy atom. The molecule has 0 aromatic rings. The predicted octanol–water partition coefficient (Wildman–Crippen LogP) is 0.712. The molecule has 1 rings (SSSR count). The number of ether oxygens (including phenoxy) is 1. The second-order valence-electron chi connectivity index (χ2n) is 3.98. The molecule has 0 aromatic carbocycles. The average molecular weight is 199 g/mol. The Hall–Kier alpha value is -1.06. The van der Waals surface area contributed by atoms with Crippen molar-refractivity contribution in [2.24, 2.45) is 11.3 Å². The van der Waals surface area contributed by atoms with Crippen LogP contribution in [0.2, 0.25) is 0 Å². The van der Waals surface area contributed by atoms with Gasteiger partial charge in [0.25, 0.3) is 0 Å². The van der Waals surface area contributed by atoms with Crippen LogP contribution in [0.1, 0.15) is 27.2 Å². The molecular formula is C10H17NO3. The van der Waals surface area contributed by atoms with E-state index in [9.17, 15) is 9.59 Å². The summed E-state index contributed by atoms with van der Waals surface area (Å²) >= 11 is 0. The molecule has 0 unspecified atom stereocenters. The first-order valence-corrected chi connectivity index (χ1v) is 4.97. The molecule has 4 nitrogen and oxygen atoms in total.